The topological polar surface area (TPSA) is 288 Å². The third-order valence-electron chi connectivity index (χ3n) is 16.7. The number of benzene rings is 10. The van der Waals surface area contributed by atoms with Crippen LogP contribution < -0.4 is 26.8 Å². The van der Waals surface area contributed by atoms with E-state index in [2.05, 4.69) is 52.9 Å². The van der Waals surface area contributed by atoms with Crippen molar-refractivity contribution >= 4 is 187 Å². The van der Waals surface area contributed by atoms with Crippen LogP contribution in [0.4, 0.5) is 17.6 Å². The average molecular weight is 2090 g/mol. The van der Waals surface area contributed by atoms with Gasteiger partial charge in [0.1, 0.15) is 64.8 Å². The van der Waals surface area contributed by atoms with Gasteiger partial charge in [0.25, 0.3) is 0 Å². The molecule has 5 N–H and O–H groups in total. The Hall–Kier alpha value is -10.6. The van der Waals surface area contributed by atoms with Crippen LogP contribution in [0.5, 0.6) is 0 Å². The standard InChI is InChI=1S/C21H21ClF2N2O2S.C17H12ClNO.C14H15ClN2O2S.C10H6ClNO2.C9H8ClNO.C9H9NO.C8H5Cl.C7H5F2.C4H11NOS.BrH.Mg.H2S/c1-21(2,3)29(27)26-19(10-13-8-16(23)11-17(24)9-13)20-18(12-28-25-20)14-4-6-15(22)7-5-14;18-15-9-7-14(8-10-15)16-12-20-19-17(16)11-6-13-4-2-1-3-5-13;1-14(2,3)20(18)16-8-13-12(9-19-17-13)10-4-6-11(15)7-5-10;11-8-3-1-7(2-4-8)9-6-14-12-10(9)5-13;10-9(11-12)7-6-8-4-2-1-3-5-8;11-10-8-4-7-9-5-2-1-3-6-9;1-2-7-3-5-8(9)6-4-7;1-5-2-6(8)4-7(9)3-5;1-4(2,3)7(5)6;;;/h4-9,11-12,19,26H,10H2,1-3H3;1-12H;4-9H,1-3H3;1-6H;1-7,12H;1-8,11H;1,3-6H;2-4H,1H2;5H2,1-3H3;1H;;1H2/q;;;;;;;-1;;;+2;/p-1/b;11-6+;;;7-6+,11-9-;7-4+,10-8+;;;;;;/t19-,29-;;20-;;;;;;7-;;;/m0.0.....0.../s1. The van der Waals surface area contributed by atoms with E-state index >= 15 is 0 Å². The summed E-state index contributed by atoms with van der Waals surface area (Å²) >= 11 is 34.5. The van der Waals surface area contributed by atoms with Crippen molar-refractivity contribution in [1.82, 2.24) is 25.3 Å². The fourth-order valence-electron chi connectivity index (χ4n) is 10.0. The van der Waals surface area contributed by atoms with Crippen LogP contribution in [0.1, 0.15) is 129 Å². The smallest absolute Gasteiger partial charge is 1.00 e. The average Bonchev–Trinajstić information content (AvgIpc) is 1.63. The first-order valence-electron chi connectivity index (χ1n) is 39.1. The second-order valence-corrected chi connectivity index (χ2v) is 38.3. The fraction of sp³-hybridized carbons (Fsp3) is 0.141. The van der Waals surface area contributed by atoms with E-state index in [-0.39, 0.29) is 69.9 Å². The van der Waals surface area contributed by atoms with Crippen LogP contribution >= 0.6 is 83.1 Å². The van der Waals surface area contributed by atoms with E-state index in [1.54, 1.807) is 66.9 Å². The van der Waals surface area contributed by atoms with Gasteiger partial charge in [-0.3, -0.25) is 9.93 Å². The first kappa shape index (κ1) is 118. The van der Waals surface area contributed by atoms with E-state index < -0.39 is 71.8 Å². The van der Waals surface area contributed by atoms with Crippen molar-refractivity contribution in [2.75, 3.05) is 0 Å². The van der Waals surface area contributed by atoms with Crippen molar-refractivity contribution in [3.8, 4) is 56.9 Å². The molecular formula is C99H94BrCl6F4MgN9O10S4. The Morgan fingerprint density at radius 3 is 1.25 bits per heavy atom. The van der Waals surface area contributed by atoms with E-state index in [4.69, 9.17) is 110 Å². The molecule has 14 rings (SSSR count). The molecule has 0 spiro atoms. The van der Waals surface area contributed by atoms with Gasteiger partial charge in [-0.1, -0.05) is 264 Å². The van der Waals surface area contributed by atoms with Gasteiger partial charge in [-0.2, -0.15) is 30.4 Å². The molecule has 0 radical (unpaired) electrons. The summed E-state index contributed by atoms with van der Waals surface area (Å²) in [6.07, 6.45) is 25.6. The third-order valence-corrected chi connectivity index (χ3v) is 22.4. The maximum absolute atomic E-state index is 13.7. The predicted molar refractivity (Wildman–Crippen MR) is 543 cm³/mol. The summed E-state index contributed by atoms with van der Waals surface area (Å²) in [7, 11) is -3.95. The summed E-state index contributed by atoms with van der Waals surface area (Å²) < 4.78 is 113. The van der Waals surface area contributed by atoms with Gasteiger partial charge in [-0.15, -0.1) is 18.6 Å². The number of oxime groups is 2. The molecule has 10 aromatic carbocycles. The van der Waals surface area contributed by atoms with Crippen LogP contribution in [0.25, 0.3) is 68.8 Å². The summed E-state index contributed by atoms with van der Waals surface area (Å²) in [6.45, 7) is 20.0. The molecule has 698 valence electrons. The summed E-state index contributed by atoms with van der Waals surface area (Å²) in [6, 6.07) is 71.7. The number of hydrogen-bond donors (Lipinski definition) is 4. The normalized spacial score (nSPS) is 11.9. The molecule has 19 nitrogen and oxygen atoms in total. The number of hydrogen-bond acceptors (Lipinski definition) is 16. The van der Waals surface area contributed by atoms with E-state index in [0.717, 1.165) is 73.5 Å². The maximum Gasteiger partial charge on any atom is 2.00 e. The van der Waals surface area contributed by atoms with Gasteiger partial charge in [0.05, 0.1) is 77.4 Å². The Bertz CT molecular complexity index is 6100. The monoisotopic (exact) mass is 2090 g/mol. The van der Waals surface area contributed by atoms with Gasteiger partial charge in [0, 0.05) is 47.9 Å². The molecule has 0 unspecified atom stereocenters. The SMILES string of the molecule is C#Cc1ccc(Cl)cc1.CC(C)(C)[S@@](N)=O.CC(C)(C)[S@](=O)N=Cc1nocc1-c1ccc(Cl)cc1.CC(C)(C)[S@](=O)N[C@@H](Cc1cc(F)cc(F)c1)c1nocc1-c1ccc(Cl)cc1.Clc1ccc(-c2conc2/C=C/c2ccccc2)cc1.O/N=C(Cl)/C=C/c1ccccc1.O/N=C/C=C/c1ccccc1.O=Cc1nocc1-c1ccc(Cl)cc1.S.[Br-].[CH2-]c1cc(F)cc(F)c1.[Mg+2]. The molecule has 14 aromatic rings. The Labute approximate surface area is 848 Å². The number of carbonyl (C=O) groups excluding carboxylic acids is 1. The fourth-order valence-corrected chi connectivity index (χ4v) is 12.1. The number of nitrogens with one attached hydrogen (secondary N) is 1. The van der Waals surface area contributed by atoms with Gasteiger partial charge in [-0.25, -0.2) is 34.9 Å². The van der Waals surface area contributed by atoms with Gasteiger partial charge in [0.2, 0.25) is 0 Å². The van der Waals surface area contributed by atoms with Crippen LogP contribution in [0.15, 0.2) is 319 Å². The number of carbonyl (C=O) groups is 1. The van der Waals surface area contributed by atoms with Crippen LogP contribution in [0.3, 0.4) is 0 Å². The van der Waals surface area contributed by atoms with Crippen molar-refractivity contribution in [3.63, 3.8) is 0 Å². The minimum atomic E-state index is -1.44. The zero-order chi connectivity index (χ0) is 96.1. The van der Waals surface area contributed by atoms with E-state index in [1.165, 1.54) is 61.6 Å². The van der Waals surface area contributed by atoms with Crippen molar-refractivity contribution in [2.24, 2.45) is 19.8 Å². The van der Waals surface area contributed by atoms with E-state index in [0.29, 0.717) is 70.7 Å². The molecule has 0 aliphatic heterocycles. The molecule has 0 fully saturated rings. The Morgan fingerprint density at radius 2 is 0.866 bits per heavy atom. The predicted octanol–water partition coefficient (Wildman–Crippen LogP) is 24.0. The summed E-state index contributed by atoms with van der Waals surface area (Å²) in [4.78, 5) is 10.6. The second kappa shape index (κ2) is 61.4. The molecule has 4 aromatic heterocycles. The quantitative estimate of drug-likeness (QED) is 0.00908. The first-order valence-corrected chi connectivity index (χ1v) is 44.8. The number of aromatic nitrogens is 4. The van der Waals surface area contributed by atoms with Crippen LogP contribution in [0.2, 0.25) is 25.1 Å². The number of allylic oxidation sites excluding steroid dienone is 2. The maximum atomic E-state index is 13.7. The first-order chi connectivity index (χ1) is 62.3. The molecular weight excluding hydrogens is 2000 g/mol. The van der Waals surface area contributed by atoms with Crippen molar-refractivity contribution < 1.29 is 80.5 Å². The van der Waals surface area contributed by atoms with Gasteiger partial charge in [-0.05, 0) is 222 Å². The molecule has 0 saturated carbocycles. The van der Waals surface area contributed by atoms with Crippen LogP contribution in [-0.4, -0.2) is 105 Å². The summed E-state index contributed by atoms with van der Waals surface area (Å²) in [5, 5.41) is 45.9. The molecule has 0 saturated heterocycles. The minimum Gasteiger partial charge on any atom is -1.00 e. The van der Waals surface area contributed by atoms with Crippen LogP contribution in [-0.2, 0) is 39.4 Å². The molecule has 4 heterocycles. The number of terminal acetylenes is 1. The second-order valence-electron chi connectivity index (χ2n) is 30.0. The Kier molecular flexibility index (Phi) is 53.9. The van der Waals surface area contributed by atoms with Gasteiger partial charge >= 0.3 is 23.1 Å². The van der Waals surface area contributed by atoms with E-state index in [9.17, 15) is 35.0 Å². The number of aldehydes is 1. The molecule has 0 aliphatic carbocycles. The molecule has 4 atom stereocenters. The zero-order valence-corrected chi connectivity index (χ0v) is 84.7. The third kappa shape index (κ3) is 44.3. The minimum absolute atomic E-state index is 0. The van der Waals surface area contributed by atoms with E-state index in [1.807, 2.05) is 244 Å². The summed E-state index contributed by atoms with van der Waals surface area (Å²) in [5.74, 6) is -0.0160. The Balaban J connectivity index is 0.000000400. The molecule has 0 aliphatic rings. The van der Waals surface area contributed by atoms with Crippen molar-refractivity contribution in [1.29, 1.82) is 0 Å². The van der Waals surface area contributed by atoms with Gasteiger partial charge < -0.3 is 45.5 Å². The summed E-state index contributed by atoms with van der Waals surface area (Å²) in [5.41, 5.74) is 13.7. The van der Waals surface area contributed by atoms with Crippen molar-refractivity contribution in [3.05, 3.63) is 397 Å². The van der Waals surface area contributed by atoms with Gasteiger partial charge in [0.15, 0.2) is 17.2 Å². The van der Waals surface area contributed by atoms with Crippen LogP contribution in [0, 0.1) is 42.5 Å². The van der Waals surface area contributed by atoms with Crippen molar-refractivity contribution in [2.45, 2.75) is 89.0 Å². The largest absolute Gasteiger partial charge is 2.00 e. The number of rotatable bonds is 18. The molecule has 134 heavy (non-hydrogen) atoms. The zero-order valence-electron chi connectivity index (χ0n) is 73.7. The number of nitrogens with two attached hydrogens (primary N) is 1. The number of halogens is 11. The molecule has 35 heteroatoms. The molecule has 0 bridgehead atoms. The molecule has 0 amide bonds. The number of nitrogens with zero attached hydrogens (tertiary/aromatic N) is 7. The Morgan fingerprint density at radius 1 is 0.507 bits per heavy atom.